The fourth-order valence-electron chi connectivity index (χ4n) is 7.88. The largest absolute Gasteiger partial charge is 0.462 e. The van der Waals surface area contributed by atoms with Crippen molar-refractivity contribution in [2.75, 3.05) is 13.2 Å². The standard InChI is InChI=1S/C69H110O6/c1-4-7-10-13-16-19-22-25-27-29-31-32-33-34-35-36-38-39-41-44-47-50-53-56-59-62-68(71)74-65-66(64-73-67(70)61-58-55-52-49-46-43-24-21-18-15-12-9-6-3)75-69(72)63-60-57-54-51-48-45-42-40-37-30-28-26-23-20-17-14-11-8-5-2/h7-8,10-11,16-17,19-20,25-28,31-32,34-35,37-40,45,48,54,57,66H,4-6,9,12-15,18,21-24,29-30,33,36,41-44,46-47,49-53,55-56,58-65H2,1-3H3/b10-7-,11-8-,19-16-,20-17-,27-25-,28-26-,32-31-,35-34-,39-38-,40-37-,48-45-,57-54-. The smallest absolute Gasteiger partial charge is 0.306 e. The molecule has 0 aliphatic carbocycles. The van der Waals surface area contributed by atoms with E-state index in [1.165, 1.54) is 77.0 Å². The quantitative estimate of drug-likeness (QED) is 0.0261. The summed E-state index contributed by atoms with van der Waals surface area (Å²) in [6, 6.07) is 0. The van der Waals surface area contributed by atoms with Crippen LogP contribution in [0.15, 0.2) is 146 Å². The fraction of sp³-hybridized carbons (Fsp3) is 0.609. The summed E-state index contributed by atoms with van der Waals surface area (Å²) < 4.78 is 16.8. The molecule has 0 aliphatic rings. The molecule has 0 aromatic carbocycles. The number of hydrogen-bond donors (Lipinski definition) is 0. The highest BCUT2D eigenvalue weighted by Crippen LogP contribution is 2.15. The van der Waals surface area contributed by atoms with Crippen LogP contribution in [0.4, 0.5) is 0 Å². The lowest BCUT2D eigenvalue weighted by atomic mass is 10.0. The van der Waals surface area contributed by atoms with E-state index in [0.29, 0.717) is 19.3 Å². The molecule has 0 fully saturated rings. The van der Waals surface area contributed by atoms with E-state index in [1.807, 2.05) is 12.2 Å². The highest BCUT2D eigenvalue weighted by atomic mass is 16.6. The molecule has 75 heavy (non-hydrogen) atoms. The minimum absolute atomic E-state index is 0.116. The molecule has 0 aliphatic heterocycles. The second kappa shape index (κ2) is 61.8. The second-order valence-electron chi connectivity index (χ2n) is 19.5. The Morgan fingerprint density at radius 2 is 0.547 bits per heavy atom. The van der Waals surface area contributed by atoms with Gasteiger partial charge in [-0.05, 0) is 109 Å². The maximum atomic E-state index is 12.8. The number of rotatable bonds is 53. The van der Waals surface area contributed by atoms with Gasteiger partial charge < -0.3 is 14.2 Å². The first-order valence-corrected chi connectivity index (χ1v) is 30.3. The molecular weight excluding hydrogens is 925 g/mol. The number of hydrogen-bond acceptors (Lipinski definition) is 6. The van der Waals surface area contributed by atoms with Gasteiger partial charge in [0.2, 0.25) is 0 Å². The summed E-state index contributed by atoms with van der Waals surface area (Å²) in [6.07, 6.45) is 88.5. The van der Waals surface area contributed by atoms with Gasteiger partial charge in [-0.2, -0.15) is 0 Å². The summed E-state index contributed by atoms with van der Waals surface area (Å²) in [7, 11) is 0. The number of ether oxygens (including phenoxy) is 3. The number of carbonyl (C=O) groups is 3. The van der Waals surface area contributed by atoms with Crippen molar-refractivity contribution in [2.45, 2.75) is 258 Å². The Balaban J connectivity index is 4.50. The lowest BCUT2D eigenvalue weighted by molar-refractivity contribution is -0.166. The molecule has 0 bridgehead atoms. The average molecular weight is 1040 g/mol. The van der Waals surface area contributed by atoms with Crippen LogP contribution in [0.3, 0.4) is 0 Å². The van der Waals surface area contributed by atoms with Gasteiger partial charge >= 0.3 is 17.9 Å². The Kier molecular flexibility index (Phi) is 58.0. The Morgan fingerprint density at radius 1 is 0.280 bits per heavy atom. The number of carbonyl (C=O) groups excluding carboxylic acids is 3. The van der Waals surface area contributed by atoms with Crippen LogP contribution in [0.25, 0.3) is 0 Å². The molecule has 0 aromatic heterocycles. The Morgan fingerprint density at radius 3 is 0.867 bits per heavy atom. The van der Waals surface area contributed by atoms with E-state index in [0.717, 1.165) is 128 Å². The van der Waals surface area contributed by atoms with Gasteiger partial charge in [0, 0.05) is 19.3 Å². The highest BCUT2D eigenvalue weighted by Gasteiger charge is 2.19. The van der Waals surface area contributed by atoms with Gasteiger partial charge in [0.05, 0.1) is 0 Å². The van der Waals surface area contributed by atoms with Gasteiger partial charge in [-0.15, -0.1) is 0 Å². The van der Waals surface area contributed by atoms with E-state index < -0.39 is 12.1 Å². The first-order valence-electron chi connectivity index (χ1n) is 30.3. The normalized spacial score (nSPS) is 13.2. The maximum absolute atomic E-state index is 12.8. The maximum Gasteiger partial charge on any atom is 0.306 e. The Hall–Kier alpha value is -4.71. The fourth-order valence-corrected chi connectivity index (χ4v) is 7.88. The van der Waals surface area contributed by atoms with Crippen molar-refractivity contribution in [1.82, 2.24) is 0 Å². The van der Waals surface area contributed by atoms with Crippen molar-refractivity contribution < 1.29 is 28.6 Å². The zero-order valence-corrected chi connectivity index (χ0v) is 48.3. The van der Waals surface area contributed by atoms with Crippen molar-refractivity contribution in [2.24, 2.45) is 0 Å². The van der Waals surface area contributed by atoms with Crippen LogP contribution >= 0.6 is 0 Å². The third-order valence-electron chi connectivity index (χ3n) is 12.4. The summed E-state index contributed by atoms with van der Waals surface area (Å²) in [5.74, 6) is -1.02. The summed E-state index contributed by atoms with van der Waals surface area (Å²) in [4.78, 5) is 38.2. The van der Waals surface area contributed by atoms with Gasteiger partial charge in [0.15, 0.2) is 6.10 Å². The molecule has 0 saturated carbocycles. The van der Waals surface area contributed by atoms with Crippen LogP contribution in [0.5, 0.6) is 0 Å². The van der Waals surface area contributed by atoms with Crippen molar-refractivity contribution >= 4 is 17.9 Å². The molecule has 0 aromatic rings. The predicted molar refractivity (Wildman–Crippen MR) is 325 cm³/mol. The van der Waals surface area contributed by atoms with Crippen molar-refractivity contribution in [3.8, 4) is 0 Å². The zero-order chi connectivity index (χ0) is 54.3. The lowest BCUT2D eigenvalue weighted by Crippen LogP contribution is -2.30. The minimum Gasteiger partial charge on any atom is -0.462 e. The van der Waals surface area contributed by atoms with Crippen LogP contribution in [0.1, 0.15) is 252 Å². The monoisotopic (exact) mass is 1030 g/mol. The third-order valence-corrected chi connectivity index (χ3v) is 12.4. The summed E-state index contributed by atoms with van der Waals surface area (Å²) in [6.45, 7) is 6.33. The topological polar surface area (TPSA) is 78.9 Å². The van der Waals surface area contributed by atoms with Gasteiger partial charge in [0.1, 0.15) is 13.2 Å². The molecule has 1 unspecified atom stereocenters. The van der Waals surface area contributed by atoms with E-state index in [2.05, 4.69) is 154 Å². The molecule has 6 heteroatoms. The van der Waals surface area contributed by atoms with E-state index in [1.54, 1.807) is 0 Å². The number of esters is 3. The molecule has 0 spiro atoms. The van der Waals surface area contributed by atoms with E-state index in [-0.39, 0.29) is 31.6 Å². The van der Waals surface area contributed by atoms with E-state index in [9.17, 15) is 14.4 Å². The molecule has 0 heterocycles. The zero-order valence-electron chi connectivity index (χ0n) is 48.3. The van der Waals surface area contributed by atoms with Crippen LogP contribution in [-0.4, -0.2) is 37.2 Å². The van der Waals surface area contributed by atoms with Crippen molar-refractivity contribution in [3.63, 3.8) is 0 Å². The van der Waals surface area contributed by atoms with Crippen LogP contribution < -0.4 is 0 Å². The van der Waals surface area contributed by atoms with Crippen molar-refractivity contribution in [3.05, 3.63) is 146 Å². The Labute approximate surface area is 461 Å². The van der Waals surface area contributed by atoms with Crippen LogP contribution in [0, 0.1) is 0 Å². The first-order chi connectivity index (χ1) is 37.0. The second-order valence-corrected chi connectivity index (χ2v) is 19.5. The molecular formula is C69H110O6. The van der Waals surface area contributed by atoms with Crippen molar-refractivity contribution in [1.29, 1.82) is 0 Å². The lowest BCUT2D eigenvalue weighted by Gasteiger charge is -2.18. The van der Waals surface area contributed by atoms with Gasteiger partial charge in [0.25, 0.3) is 0 Å². The van der Waals surface area contributed by atoms with Gasteiger partial charge in [-0.25, -0.2) is 0 Å². The predicted octanol–water partition coefficient (Wildman–Crippen LogP) is 20.8. The van der Waals surface area contributed by atoms with Crippen LogP contribution in [0.2, 0.25) is 0 Å². The van der Waals surface area contributed by atoms with Crippen LogP contribution in [-0.2, 0) is 28.6 Å². The summed E-state index contributed by atoms with van der Waals surface area (Å²) in [5.41, 5.74) is 0. The first kappa shape index (κ1) is 70.3. The summed E-state index contributed by atoms with van der Waals surface area (Å²) in [5, 5.41) is 0. The highest BCUT2D eigenvalue weighted by molar-refractivity contribution is 5.71. The third kappa shape index (κ3) is 60.0. The molecule has 1 atom stereocenters. The SMILES string of the molecule is CC/C=C\C/C=C\C/C=C\C/C=C\C/C=C\C/C=C\CCCCCCCCC(=O)OCC(COC(=O)CCCCCCCCCCCCCCC)OC(=O)CC/C=C\C/C=C\C/C=C\C/C=C\C/C=C\C/C=C\CC. The number of allylic oxidation sites excluding steroid dienone is 24. The molecule has 0 saturated heterocycles. The summed E-state index contributed by atoms with van der Waals surface area (Å²) >= 11 is 0. The molecule has 0 amide bonds. The molecule has 6 nitrogen and oxygen atoms in total. The molecule has 0 radical (unpaired) electrons. The minimum atomic E-state index is -0.830. The molecule has 0 N–H and O–H groups in total. The molecule has 0 rings (SSSR count). The van der Waals surface area contributed by atoms with E-state index >= 15 is 0 Å². The van der Waals surface area contributed by atoms with Gasteiger partial charge in [-0.3, -0.25) is 14.4 Å². The average Bonchev–Trinajstić information content (AvgIpc) is 3.41. The number of unbranched alkanes of at least 4 members (excludes halogenated alkanes) is 18. The van der Waals surface area contributed by atoms with Gasteiger partial charge in [-0.1, -0.05) is 269 Å². The van der Waals surface area contributed by atoms with E-state index in [4.69, 9.17) is 14.2 Å². The Bertz CT molecular complexity index is 1660. The molecule has 422 valence electrons.